The lowest BCUT2D eigenvalue weighted by atomic mass is 9.91. The monoisotopic (exact) mass is 1010 g/mol. The Bertz CT molecular complexity index is 1280. The number of alkyl halides is 1. The maximum absolute atomic E-state index is 13.3. The summed E-state index contributed by atoms with van der Waals surface area (Å²) in [5.41, 5.74) is -1.30. The summed E-state index contributed by atoms with van der Waals surface area (Å²) in [6, 6.07) is -0.515. The zero-order valence-corrected chi connectivity index (χ0v) is 43.0. The van der Waals surface area contributed by atoms with Gasteiger partial charge in [-0.05, 0) is 108 Å². The van der Waals surface area contributed by atoms with Gasteiger partial charge in [-0.3, -0.25) is 28.8 Å². The second kappa shape index (κ2) is 29.3. The summed E-state index contributed by atoms with van der Waals surface area (Å²) >= 11 is 1.97. The first-order valence-corrected chi connectivity index (χ1v) is 27.2. The van der Waals surface area contributed by atoms with Crippen LogP contribution < -0.4 is 10.6 Å². The second-order valence-electron chi connectivity index (χ2n) is 16.8. The zero-order valence-electron chi connectivity index (χ0n) is 38.0. The van der Waals surface area contributed by atoms with E-state index in [9.17, 15) is 28.8 Å². The molecule has 0 heterocycles. The number of nitrogens with one attached hydrogen (secondary N) is 2. The van der Waals surface area contributed by atoms with Crippen molar-refractivity contribution in [3.63, 3.8) is 0 Å². The molecule has 2 amide bonds. The molecule has 0 aliphatic rings. The van der Waals surface area contributed by atoms with Gasteiger partial charge in [0.15, 0.2) is 5.78 Å². The molecule has 0 spiro atoms. The van der Waals surface area contributed by atoms with E-state index < -0.39 is 66.6 Å². The van der Waals surface area contributed by atoms with E-state index >= 15 is 0 Å². The highest BCUT2D eigenvalue weighted by molar-refractivity contribution is 14.1. The number of halogens is 1. The van der Waals surface area contributed by atoms with Gasteiger partial charge >= 0.3 is 17.9 Å². The minimum absolute atomic E-state index is 0.0185. The van der Waals surface area contributed by atoms with Crippen molar-refractivity contribution in [3.05, 3.63) is 0 Å². The van der Waals surface area contributed by atoms with Gasteiger partial charge in [-0.15, -0.1) is 8.58 Å². The van der Waals surface area contributed by atoms with E-state index in [2.05, 4.69) is 10.6 Å². The average molecular weight is 1010 g/mol. The Morgan fingerprint density at radius 3 is 1.69 bits per heavy atom. The fourth-order valence-corrected chi connectivity index (χ4v) is 6.95. The van der Waals surface area contributed by atoms with Crippen molar-refractivity contribution >= 4 is 82.5 Å². The van der Waals surface area contributed by atoms with Crippen LogP contribution in [0.5, 0.6) is 0 Å². The molecule has 2 atom stereocenters. The SMILES string of the molecule is CCPC(C)(C)C(=O)OCC(COCC(=O)NCCOCCOCCCC(=O)C(CCN(C)C)NC(=O)CI)(COC(=O)C(C)(C)P(C)C)COC(=O)C(C)(C)P(C)C. The average Bonchev–Trinajstić information content (AvgIpc) is 3.16. The summed E-state index contributed by atoms with van der Waals surface area (Å²) in [5.74, 6) is -1.92. The van der Waals surface area contributed by atoms with Crippen LogP contribution in [-0.2, 0) is 57.2 Å². The number of carbonyl (C=O) groups is 6. The first-order chi connectivity index (χ1) is 27.4. The van der Waals surface area contributed by atoms with E-state index in [1.807, 2.05) is 117 Å². The summed E-state index contributed by atoms with van der Waals surface area (Å²) in [4.78, 5) is 79.2. The number of esters is 3. The maximum atomic E-state index is 13.3. The Kier molecular flexibility index (Phi) is 28.7. The van der Waals surface area contributed by atoms with Crippen LogP contribution >= 0.6 is 47.0 Å². The van der Waals surface area contributed by atoms with Gasteiger partial charge in [0.1, 0.15) is 26.4 Å². The number of Topliss-reactive ketones (excluding diaryl/α,β-unsaturated/α-hetero) is 1. The third kappa shape index (κ3) is 23.2. The van der Waals surface area contributed by atoms with E-state index in [0.29, 0.717) is 52.0 Å². The van der Waals surface area contributed by atoms with Crippen molar-refractivity contribution < 1.29 is 57.2 Å². The van der Waals surface area contributed by atoms with Crippen molar-refractivity contribution in [2.45, 2.75) is 89.2 Å². The van der Waals surface area contributed by atoms with Gasteiger partial charge in [-0.1, -0.05) is 45.4 Å². The van der Waals surface area contributed by atoms with Crippen LogP contribution in [0.3, 0.4) is 0 Å². The number of hydrogen-bond acceptors (Lipinski definition) is 13. The molecule has 2 unspecified atom stereocenters. The fourth-order valence-electron chi connectivity index (χ4n) is 4.77. The zero-order chi connectivity index (χ0) is 45.5. The number of hydrogen-bond donors (Lipinski definition) is 2. The molecule has 0 bridgehead atoms. The molecule has 0 saturated carbocycles. The van der Waals surface area contributed by atoms with Crippen LogP contribution in [0.2, 0.25) is 0 Å². The molecule has 0 radical (unpaired) electrons. The van der Waals surface area contributed by atoms with Crippen LogP contribution in [0, 0.1) is 5.41 Å². The van der Waals surface area contributed by atoms with Crippen LogP contribution in [-0.4, -0.2) is 186 Å². The number of ketones is 1. The van der Waals surface area contributed by atoms with Gasteiger partial charge in [-0.2, -0.15) is 0 Å². The van der Waals surface area contributed by atoms with E-state index in [-0.39, 0.29) is 64.5 Å². The van der Waals surface area contributed by atoms with Gasteiger partial charge < -0.3 is 44.0 Å². The van der Waals surface area contributed by atoms with E-state index in [4.69, 9.17) is 28.4 Å². The Morgan fingerprint density at radius 2 is 1.22 bits per heavy atom. The van der Waals surface area contributed by atoms with E-state index in [1.54, 1.807) is 0 Å². The number of ether oxygens (including phenoxy) is 6. The summed E-state index contributed by atoms with van der Waals surface area (Å²) in [7, 11) is 2.71. The molecule has 0 aromatic carbocycles. The van der Waals surface area contributed by atoms with Crippen molar-refractivity contribution in [2.24, 2.45) is 5.41 Å². The molecule has 59 heavy (non-hydrogen) atoms. The highest BCUT2D eigenvalue weighted by Gasteiger charge is 2.43. The quantitative estimate of drug-likeness (QED) is 0.0234. The molecule has 0 rings (SSSR count). The highest BCUT2D eigenvalue weighted by Crippen LogP contribution is 2.44. The largest absolute Gasteiger partial charge is 0.464 e. The van der Waals surface area contributed by atoms with Crippen LogP contribution in [0.15, 0.2) is 0 Å². The van der Waals surface area contributed by atoms with Gasteiger partial charge in [0.05, 0.1) is 57.8 Å². The summed E-state index contributed by atoms with van der Waals surface area (Å²) < 4.78 is 34.9. The molecular weight excluding hydrogens is 934 g/mol. The lowest BCUT2D eigenvalue weighted by Gasteiger charge is -2.36. The summed E-state index contributed by atoms with van der Waals surface area (Å²) in [6.07, 6.45) is 2.15. The first-order valence-electron chi connectivity index (χ1n) is 20.0. The molecule has 0 aromatic heterocycles. The normalized spacial score (nSPS) is 13.2. The molecule has 0 saturated heterocycles. The van der Waals surface area contributed by atoms with E-state index in [1.165, 1.54) is 0 Å². The van der Waals surface area contributed by atoms with Crippen LogP contribution in [0.1, 0.15) is 67.7 Å². The Labute approximate surface area is 372 Å². The molecule has 2 N–H and O–H groups in total. The number of amides is 2. The second-order valence-corrected chi connectivity index (χ2v) is 25.7. The van der Waals surface area contributed by atoms with E-state index in [0.717, 1.165) is 6.16 Å². The first kappa shape index (κ1) is 57.9. The molecule has 344 valence electrons. The summed E-state index contributed by atoms with van der Waals surface area (Å²) in [6.45, 7) is 21.5. The predicted octanol–water partition coefficient (Wildman–Crippen LogP) is 4.51. The Balaban J connectivity index is 5.34. The van der Waals surface area contributed by atoms with Crippen LogP contribution in [0.4, 0.5) is 0 Å². The minimum Gasteiger partial charge on any atom is -0.464 e. The lowest BCUT2D eigenvalue weighted by molar-refractivity contribution is -0.170. The van der Waals surface area contributed by atoms with Gasteiger partial charge in [0.25, 0.3) is 0 Å². The number of carbonyl (C=O) groups excluding carboxylic acids is 6. The minimum atomic E-state index is -1.30. The third-order valence-corrected chi connectivity index (χ3v) is 16.9. The van der Waals surface area contributed by atoms with Crippen LogP contribution in [0.25, 0.3) is 0 Å². The molecule has 19 heteroatoms. The smallest absolute Gasteiger partial charge is 0.315 e. The van der Waals surface area contributed by atoms with Gasteiger partial charge in [0, 0.05) is 19.6 Å². The van der Waals surface area contributed by atoms with Crippen molar-refractivity contribution in [3.8, 4) is 0 Å². The van der Waals surface area contributed by atoms with Gasteiger partial charge in [-0.25, -0.2) is 0 Å². The van der Waals surface area contributed by atoms with Crippen molar-refractivity contribution in [1.82, 2.24) is 15.5 Å². The molecule has 0 aliphatic carbocycles. The molecule has 0 aliphatic heterocycles. The van der Waals surface area contributed by atoms with Gasteiger partial charge in [0.2, 0.25) is 11.8 Å². The standard InChI is InChI=1S/C40H75IN3O12P3/c1-14-57-37(2,3)34(48)54-27-40(28-55-35(49)38(4,5)58(10)11,29-56-36(50)39(6,7)59(12)13)26-53-25-33(47)42-18-21-52-23-22-51-20-15-16-31(45)30(17-19-44(8)9)43-32(46)24-41/h30,57H,14-29H2,1-13H3,(H,42,47)(H,43,46). The lowest BCUT2D eigenvalue weighted by Crippen LogP contribution is -2.47. The fraction of sp³-hybridized carbons (Fsp3) is 0.850. The number of nitrogens with zero attached hydrogens (tertiary/aromatic N) is 1. The molecular formula is C40H75IN3O12P3. The van der Waals surface area contributed by atoms with Crippen molar-refractivity contribution in [2.75, 3.05) is 124 Å². The highest BCUT2D eigenvalue weighted by atomic mass is 127. The predicted molar refractivity (Wildman–Crippen MR) is 248 cm³/mol. The Morgan fingerprint density at radius 1 is 0.712 bits per heavy atom. The number of rotatable bonds is 33. The summed E-state index contributed by atoms with van der Waals surface area (Å²) in [5, 5.41) is 3.27. The van der Waals surface area contributed by atoms with Crippen molar-refractivity contribution in [1.29, 1.82) is 0 Å². The maximum Gasteiger partial charge on any atom is 0.315 e. The third-order valence-electron chi connectivity index (χ3n) is 9.90. The molecule has 0 fully saturated rings. The Hall–Kier alpha value is -1.12. The topological polar surface area (TPSA) is 185 Å². The molecule has 0 aromatic rings. The molecule has 15 nitrogen and oxygen atoms in total.